The summed E-state index contributed by atoms with van der Waals surface area (Å²) in [5.41, 5.74) is 1.39. The lowest BCUT2D eigenvalue weighted by Crippen LogP contribution is -2.29. The fourth-order valence-electron chi connectivity index (χ4n) is 2.44. The van der Waals surface area contributed by atoms with Crippen molar-refractivity contribution in [2.75, 3.05) is 18.4 Å². The highest BCUT2D eigenvalue weighted by Gasteiger charge is 2.09. The van der Waals surface area contributed by atoms with Gasteiger partial charge < -0.3 is 15.1 Å². The SMILES string of the molecule is N#Cc1ccc(NCCNC(=O)CCc2ncc(-c3ccc(Cl)cc3)o2)nc1. The molecule has 0 saturated carbocycles. The van der Waals surface area contributed by atoms with Crippen molar-refractivity contribution in [2.45, 2.75) is 12.8 Å². The number of hydrogen-bond donors (Lipinski definition) is 2. The van der Waals surface area contributed by atoms with Crippen LogP contribution in [0.1, 0.15) is 17.9 Å². The second-order valence-electron chi connectivity index (χ2n) is 5.95. The number of anilines is 1. The molecule has 0 atom stereocenters. The van der Waals surface area contributed by atoms with Gasteiger partial charge in [-0.3, -0.25) is 4.79 Å². The van der Waals surface area contributed by atoms with E-state index in [-0.39, 0.29) is 12.3 Å². The minimum atomic E-state index is -0.0826. The average molecular weight is 396 g/mol. The topological polar surface area (TPSA) is 104 Å². The molecule has 0 spiro atoms. The highest BCUT2D eigenvalue weighted by Crippen LogP contribution is 2.22. The summed E-state index contributed by atoms with van der Waals surface area (Å²) in [6.07, 6.45) is 3.85. The molecule has 1 aromatic carbocycles. The fourth-order valence-corrected chi connectivity index (χ4v) is 2.57. The van der Waals surface area contributed by atoms with Crippen molar-refractivity contribution in [3.63, 3.8) is 0 Å². The van der Waals surface area contributed by atoms with Gasteiger partial charge in [0, 0.05) is 42.7 Å². The van der Waals surface area contributed by atoms with Gasteiger partial charge in [0.2, 0.25) is 5.91 Å². The van der Waals surface area contributed by atoms with Crippen molar-refractivity contribution < 1.29 is 9.21 Å². The van der Waals surface area contributed by atoms with Crippen molar-refractivity contribution in [3.05, 3.63) is 65.3 Å². The first-order valence-electron chi connectivity index (χ1n) is 8.71. The zero-order valence-electron chi connectivity index (χ0n) is 15.0. The molecule has 0 radical (unpaired) electrons. The minimum Gasteiger partial charge on any atom is -0.441 e. The number of carbonyl (C=O) groups excluding carboxylic acids is 1. The highest BCUT2D eigenvalue weighted by molar-refractivity contribution is 6.30. The number of nitrogens with zero attached hydrogens (tertiary/aromatic N) is 3. The number of aromatic nitrogens is 2. The van der Waals surface area contributed by atoms with E-state index >= 15 is 0 Å². The summed E-state index contributed by atoms with van der Waals surface area (Å²) in [5, 5.41) is 15.3. The lowest BCUT2D eigenvalue weighted by molar-refractivity contribution is -0.121. The second kappa shape index (κ2) is 9.53. The number of pyridine rings is 1. The van der Waals surface area contributed by atoms with Crippen LogP contribution in [0, 0.1) is 11.3 Å². The number of carbonyl (C=O) groups is 1. The molecular weight excluding hydrogens is 378 g/mol. The minimum absolute atomic E-state index is 0.0826. The van der Waals surface area contributed by atoms with Crippen molar-refractivity contribution in [1.82, 2.24) is 15.3 Å². The quantitative estimate of drug-likeness (QED) is 0.566. The highest BCUT2D eigenvalue weighted by atomic mass is 35.5. The predicted octanol–water partition coefficient (Wildman–Crippen LogP) is 3.42. The number of oxazole rings is 1. The number of nitriles is 1. The molecule has 3 rings (SSSR count). The smallest absolute Gasteiger partial charge is 0.220 e. The number of hydrogen-bond acceptors (Lipinski definition) is 6. The van der Waals surface area contributed by atoms with Crippen molar-refractivity contribution in [3.8, 4) is 17.4 Å². The van der Waals surface area contributed by atoms with Crippen LogP contribution in [-0.4, -0.2) is 29.0 Å². The zero-order chi connectivity index (χ0) is 19.8. The van der Waals surface area contributed by atoms with Crippen LogP contribution in [0.15, 0.2) is 53.2 Å². The third-order valence-electron chi connectivity index (χ3n) is 3.89. The van der Waals surface area contributed by atoms with E-state index in [0.717, 1.165) is 5.56 Å². The van der Waals surface area contributed by atoms with Crippen LogP contribution in [0.5, 0.6) is 0 Å². The molecule has 8 heteroatoms. The van der Waals surface area contributed by atoms with Gasteiger partial charge in [-0.05, 0) is 36.4 Å². The van der Waals surface area contributed by atoms with Crippen molar-refractivity contribution in [2.24, 2.45) is 0 Å². The van der Waals surface area contributed by atoms with Gasteiger partial charge in [0.05, 0.1) is 11.8 Å². The van der Waals surface area contributed by atoms with Crippen LogP contribution >= 0.6 is 11.6 Å². The normalized spacial score (nSPS) is 10.3. The lowest BCUT2D eigenvalue weighted by atomic mass is 10.2. The molecule has 2 heterocycles. The monoisotopic (exact) mass is 395 g/mol. The number of benzene rings is 1. The van der Waals surface area contributed by atoms with Crippen LogP contribution in [0.4, 0.5) is 5.82 Å². The number of rotatable bonds is 8. The number of nitrogens with one attached hydrogen (secondary N) is 2. The summed E-state index contributed by atoms with van der Waals surface area (Å²) in [4.78, 5) is 20.3. The van der Waals surface area contributed by atoms with Crippen LogP contribution < -0.4 is 10.6 Å². The van der Waals surface area contributed by atoms with E-state index in [1.165, 1.54) is 6.20 Å². The first-order chi connectivity index (χ1) is 13.6. The van der Waals surface area contributed by atoms with Crippen molar-refractivity contribution in [1.29, 1.82) is 5.26 Å². The Bertz CT molecular complexity index is 962. The van der Waals surface area contributed by atoms with E-state index < -0.39 is 0 Å². The average Bonchev–Trinajstić information content (AvgIpc) is 3.20. The maximum Gasteiger partial charge on any atom is 0.220 e. The van der Waals surface area contributed by atoms with E-state index in [0.29, 0.717) is 47.6 Å². The number of halogens is 1. The fraction of sp³-hybridized carbons (Fsp3) is 0.200. The molecule has 1 amide bonds. The maximum atomic E-state index is 12.0. The Balaban J connectivity index is 1.37. The molecule has 0 unspecified atom stereocenters. The van der Waals surface area contributed by atoms with E-state index in [1.54, 1.807) is 30.5 Å². The molecule has 142 valence electrons. The summed E-state index contributed by atoms with van der Waals surface area (Å²) in [6.45, 7) is 0.993. The molecule has 2 aromatic heterocycles. The van der Waals surface area contributed by atoms with Gasteiger partial charge in [0.25, 0.3) is 0 Å². The molecule has 28 heavy (non-hydrogen) atoms. The third kappa shape index (κ3) is 5.56. The molecule has 0 aliphatic rings. The van der Waals surface area contributed by atoms with Gasteiger partial charge in [-0.25, -0.2) is 9.97 Å². The van der Waals surface area contributed by atoms with Crippen LogP contribution in [0.3, 0.4) is 0 Å². The molecular formula is C20H18ClN5O2. The summed E-state index contributed by atoms with van der Waals surface area (Å²) < 4.78 is 5.68. The lowest BCUT2D eigenvalue weighted by Gasteiger charge is -2.07. The Kier molecular flexibility index (Phi) is 6.60. The Morgan fingerprint density at radius 1 is 1.11 bits per heavy atom. The standard InChI is InChI=1S/C20H18ClN5O2/c21-16-4-2-15(3-5-16)17-13-26-20(28-17)8-7-19(27)24-10-9-23-18-6-1-14(11-22)12-25-18/h1-6,12-13H,7-10H2,(H,23,25)(H,24,27). The van der Waals surface area contributed by atoms with E-state index in [9.17, 15) is 4.79 Å². The summed E-state index contributed by atoms with van der Waals surface area (Å²) in [5.74, 6) is 1.73. The van der Waals surface area contributed by atoms with Gasteiger partial charge in [0.1, 0.15) is 11.9 Å². The Labute approximate surface area is 167 Å². The molecule has 0 saturated heterocycles. The van der Waals surface area contributed by atoms with E-state index in [1.807, 2.05) is 18.2 Å². The maximum absolute atomic E-state index is 12.0. The molecule has 3 aromatic rings. The van der Waals surface area contributed by atoms with Crippen LogP contribution in [0.2, 0.25) is 5.02 Å². The predicted molar refractivity (Wildman–Crippen MR) is 106 cm³/mol. The van der Waals surface area contributed by atoms with Gasteiger partial charge in [-0.15, -0.1) is 0 Å². The number of amides is 1. The first-order valence-corrected chi connectivity index (χ1v) is 9.09. The molecule has 7 nitrogen and oxygen atoms in total. The largest absolute Gasteiger partial charge is 0.441 e. The molecule has 0 fully saturated rings. The summed E-state index contributed by atoms with van der Waals surface area (Å²) in [6, 6.07) is 12.7. The van der Waals surface area contributed by atoms with Crippen LogP contribution in [0.25, 0.3) is 11.3 Å². The summed E-state index contributed by atoms with van der Waals surface area (Å²) in [7, 11) is 0. The van der Waals surface area contributed by atoms with Gasteiger partial charge in [-0.1, -0.05) is 11.6 Å². The molecule has 0 bridgehead atoms. The van der Waals surface area contributed by atoms with Gasteiger partial charge in [0.15, 0.2) is 11.7 Å². The van der Waals surface area contributed by atoms with Crippen LogP contribution in [-0.2, 0) is 11.2 Å². The van der Waals surface area contributed by atoms with Gasteiger partial charge in [-0.2, -0.15) is 5.26 Å². The Morgan fingerprint density at radius 3 is 2.64 bits per heavy atom. The first kappa shape index (κ1) is 19.4. The van der Waals surface area contributed by atoms with E-state index in [2.05, 4.69) is 20.6 Å². The molecule has 0 aliphatic heterocycles. The second-order valence-corrected chi connectivity index (χ2v) is 6.38. The Morgan fingerprint density at radius 2 is 1.93 bits per heavy atom. The van der Waals surface area contributed by atoms with Gasteiger partial charge >= 0.3 is 0 Å². The Hall–Kier alpha value is -3.37. The molecule has 0 aliphatic carbocycles. The zero-order valence-corrected chi connectivity index (χ0v) is 15.7. The summed E-state index contributed by atoms with van der Waals surface area (Å²) >= 11 is 5.88. The molecule has 2 N–H and O–H groups in total. The van der Waals surface area contributed by atoms with Crippen molar-refractivity contribution >= 4 is 23.3 Å². The third-order valence-corrected chi connectivity index (χ3v) is 4.15. The van der Waals surface area contributed by atoms with E-state index in [4.69, 9.17) is 21.3 Å². The number of aryl methyl sites for hydroxylation is 1.